The normalized spacial score (nSPS) is 21.0. The topological polar surface area (TPSA) is 116 Å². The number of hydrogen-bond donors (Lipinski definition) is 2. The van der Waals surface area contributed by atoms with E-state index in [0.29, 0.717) is 73.1 Å². The molecule has 0 bridgehead atoms. The average molecular weight is 749 g/mol. The second kappa shape index (κ2) is 14.7. The summed E-state index contributed by atoms with van der Waals surface area (Å²) in [5, 5.41) is 6.07. The van der Waals surface area contributed by atoms with Crippen molar-refractivity contribution in [3.63, 3.8) is 0 Å². The van der Waals surface area contributed by atoms with Gasteiger partial charge < -0.3 is 29.9 Å². The number of pyridine rings is 1. The summed E-state index contributed by atoms with van der Waals surface area (Å²) in [7, 11) is 0. The third kappa shape index (κ3) is 6.45. The van der Waals surface area contributed by atoms with Crippen molar-refractivity contribution in [2.24, 2.45) is 0 Å². The van der Waals surface area contributed by atoms with E-state index in [1.807, 2.05) is 35.4 Å². The lowest BCUT2D eigenvalue weighted by atomic mass is 9.73. The summed E-state index contributed by atoms with van der Waals surface area (Å²) < 4.78 is 17.6. The van der Waals surface area contributed by atoms with Crippen molar-refractivity contribution in [3.05, 3.63) is 65.2 Å². The second-order valence-corrected chi connectivity index (χ2v) is 16.2. The molecule has 2 N–H and O–H groups in total. The largest absolute Gasteiger partial charge is 0.352 e. The molecule has 290 valence electrons. The van der Waals surface area contributed by atoms with Gasteiger partial charge >= 0.3 is 0 Å². The number of aromatic nitrogens is 3. The number of carbonyl (C=O) groups is 3. The van der Waals surface area contributed by atoms with E-state index in [2.05, 4.69) is 46.4 Å². The van der Waals surface area contributed by atoms with Crippen molar-refractivity contribution < 1.29 is 18.8 Å². The Bertz CT molecular complexity index is 2140. The molecule has 1 spiro atoms. The van der Waals surface area contributed by atoms with E-state index in [-0.39, 0.29) is 35.5 Å². The van der Waals surface area contributed by atoms with Gasteiger partial charge in [-0.1, -0.05) is 25.5 Å². The smallest absolute Gasteiger partial charge is 0.251 e. The van der Waals surface area contributed by atoms with Gasteiger partial charge in [0, 0.05) is 61.0 Å². The third-order valence-electron chi connectivity index (χ3n) is 12.6. The zero-order valence-electron chi connectivity index (χ0n) is 32.8. The Balaban J connectivity index is 1.19. The SMILES string of the molecule is CCNC(=O)c1cc(Nc2nc(-c3ccc4c(c3)N(C3CC(N5CCCCC5)C3)C(=O)C43CCN(C(=O)CC)CC3)cc3ncn(C(C)C)c23)c(F)cc1C. The molecular weight excluding hydrogens is 696 g/mol. The predicted molar refractivity (Wildman–Crippen MR) is 213 cm³/mol. The molecule has 0 unspecified atom stereocenters. The van der Waals surface area contributed by atoms with E-state index in [9.17, 15) is 14.4 Å². The molecule has 0 atom stereocenters. The van der Waals surface area contributed by atoms with Crippen molar-refractivity contribution in [2.75, 3.05) is 42.9 Å². The van der Waals surface area contributed by atoms with Crippen LogP contribution in [0.15, 0.2) is 42.7 Å². The molecule has 4 aliphatic rings. The lowest BCUT2D eigenvalue weighted by molar-refractivity contribution is -0.135. The summed E-state index contributed by atoms with van der Waals surface area (Å²) in [5.41, 5.74) is 5.25. The highest BCUT2D eigenvalue weighted by atomic mass is 19.1. The van der Waals surface area contributed by atoms with Gasteiger partial charge in [0.25, 0.3) is 5.91 Å². The van der Waals surface area contributed by atoms with Crippen LogP contribution >= 0.6 is 0 Å². The number of piperidine rings is 2. The van der Waals surface area contributed by atoms with Gasteiger partial charge in [0.1, 0.15) is 11.3 Å². The van der Waals surface area contributed by atoms with Crippen molar-refractivity contribution in [2.45, 2.75) is 110 Å². The van der Waals surface area contributed by atoms with Crippen molar-refractivity contribution in [1.29, 1.82) is 0 Å². The van der Waals surface area contributed by atoms with Gasteiger partial charge in [-0.25, -0.2) is 14.4 Å². The van der Waals surface area contributed by atoms with E-state index in [4.69, 9.17) is 9.97 Å². The van der Waals surface area contributed by atoms with E-state index in [1.165, 1.54) is 25.3 Å². The fourth-order valence-electron chi connectivity index (χ4n) is 9.39. The quantitative estimate of drug-likeness (QED) is 0.185. The van der Waals surface area contributed by atoms with Crippen LogP contribution in [-0.2, 0) is 15.0 Å². The summed E-state index contributed by atoms with van der Waals surface area (Å²) >= 11 is 0. The van der Waals surface area contributed by atoms with Crippen LogP contribution in [-0.4, -0.2) is 86.9 Å². The van der Waals surface area contributed by atoms with Crippen LogP contribution < -0.4 is 15.5 Å². The molecule has 2 aromatic heterocycles. The van der Waals surface area contributed by atoms with Gasteiger partial charge in [-0.15, -0.1) is 0 Å². The lowest BCUT2D eigenvalue weighted by Gasteiger charge is -2.48. The van der Waals surface area contributed by atoms with Crippen LogP contribution in [0.25, 0.3) is 22.3 Å². The summed E-state index contributed by atoms with van der Waals surface area (Å²) in [5.74, 6) is -0.0519. The maximum absolute atomic E-state index is 15.6. The van der Waals surface area contributed by atoms with Crippen LogP contribution in [0.5, 0.6) is 0 Å². The minimum atomic E-state index is -0.667. The van der Waals surface area contributed by atoms with E-state index >= 15 is 4.39 Å². The number of imidazole rings is 1. The van der Waals surface area contributed by atoms with E-state index in [0.717, 1.165) is 48.3 Å². The molecule has 12 heteroatoms. The van der Waals surface area contributed by atoms with Gasteiger partial charge in [0.05, 0.1) is 28.6 Å². The highest BCUT2D eigenvalue weighted by molar-refractivity contribution is 6.09. The van der Waals surface area contributed by atoms with E-state index in [1.54, 1.807) is 19.3 Å². The Morgan fingerprint density at radius 1 is 0.982 bits per heavy atom. The predicted octanol–water partition coefficient (Wildman–Crippen LogP) is 7.25. The summed E-state index contributed by atoms with van der Waals surface area (Å²) in [6.45, 7) is 13.4. The Hall–Kier alpha value is -4.84. The number of nitrogens with zero attached hydrogens (tertiary/aromatic N) is 6. The van der Waals surface area contributed by atoms with Crippen molar-refractivity contribution >= 4 is 45.9 Å². The fourth-order valence-corrected chi connectivity index (χ4v) is 9.39. The standard InChI is InChI=1S/C43H53FN8O3/c1-6-38(53)50-17-13-43(14-18-50)32-12-11-28(20-37(32)52(42(43)55)30-21-29(22-30)49-15-9-8-10-16-49)34-24-36-39(51(25-46-36)26(3)4)40(47-34)48-35-23-31(41(54)45-7-2)27(5)19-33(35)44/h11-12,19-20,23-26,29-30H,6-10,13-18,21-22H2,1-5H3,(H,45,54)(H,47,48). The number of rotatable bonds is 9. The molecule has 5 heterocycles. The van der Waals surface area contributed by atoms with Crippen LogP contribution in [0.2, 0.25) is 0 Å². The maximum Gasteiger partial charge on any atom is 0.251 e. The number of carbonyl (C=O) groups excluding carboxylic acids is 3. The molecule has 3 amide bonds. The van der Waals surface area contributed by atoms with Gasteiger partial charge in [-0.3, -0.25) is 14.4 Å². The Morgan fingerprint density at radius 3 is 2.42 bits per heavy atom. The molecule has 55 heavy (non-hydrogen) atoms. The minimum Gasteiger partial charge on any atom is -0.352 e. The fraction of sp³-hybridized carbons (Fsp3) is 0.512. The van der Waals surface area contributed by atoms with Gasteiger partial charge in [-0.05, 0) is 115 Å². The number of halogens is 1. The number of anilines is 3. The monoisotopic (exact) mass is 748 g/mol. The first kappa shape index (κ1) is 37.1. The number of benzene rings is 2. The van der Waals surface area contributed by atoms with Crippen molar-refractivity contribution in [1.82, 2.24) is 29.7 Å². The first-order valence-corrected chi connectivity index (χ1v) is 20.3. The first-order valence-electron chi connectivity index (χ1n) is 20.3. The minimum absolute atomic E-state index is 0.0537. The third-order valence-corrected chi connectivity index (χ3v) is 12.6. The number of amides is 3. The number of nitrogens with one attached hydrogen (secondary N) is 2. The zero-order chi connectivity index (χ0) is 38.6. The zero-order valence-corrected chi connectivity index (χ0v) is 32.8. The number of likely N-dealkylation sites (tertiary alicyclic amines) is 2. The van der Waals surface area contributed by atoms with Crippen LogP contribution in [0, 0.1) is 12.7 Å². The first-order chi connectivity index (χ1) is 26.5. The molecule has 11 nitrogen and oxygen atoms in total. The molecule has 1 aliphatic carbocycles. The Labute approximate surface area is 322 Å². The lowest BCUT2D eigenvalue weighted by Crippen LogP contribution is -2.58. The van der Waals surface area contributed by atoms with Crippen LogP contribution in [0.1, 0.15) is 107 Å². The molecule has 3 aliphatic heterocycles. The van der Waals surface area contributed by atoms with Gasteiger partial charge in [0.2, 0.25) is 11.8 Å². The Kier molecular flexibility index (Phi) is 9.90. The molecule has 0 radical (unpaired) electrons. The maximum atomic E-state index is 15.6. The highest BCUT2D eigenvalue weighted by Crippen LogP contribution is 2.52. The second-order valence-electron chi connectivity index (χ2n) is 16.2. The summed E-state index contributed by atoms with van der Waals surface area (Å²) in [4.78, 5) is 56.9. The van der Waals surface area contributed by atoms with Crippen LogP contribution in [0.3, 0.4) is 0 Å². The van der Waals surface area contributed by atoms with Gasteiger partial charge in [-0.2, -0.15) is 0 Å². The number of aryl methyl sites for hydroxylation is 1. The van der Waals surface area contributed by atoms with Crippen molar-refractivity contribution in [3.8, 4) is 11.3 Å². The summed E-state index contributed by atoms with van der Waals surface area (Å²) in [6, 6.07) is 11.8. The molecule has 3 fully saturated rings. The average Bonchev–Trinajstić information content (AvgIpc) is 3.70. The molecular formula is C43H53FN8O3. The molecule has 1 saturated carbocycles. The molecule has 2 saturated heterocycles. The van der Waals surface area contributed by atoms with Gasteiger partial charge in [0.15, 0.2) is 5.82 Å². The molecule has 4 aromatic rings. The van der Waals surface area contributed by atoms with Crippen LogP contribution in [0.4, 0.5) is 21.6 Å². The number of fused-ring (bicyclic) bond motifs is 3. The molecule has 2 aromatic carbocycles. The molecule has 8 rings (SSSR count). The summed E-state index contributed by atoms with van der Waals surface area (Å²) in [6.07, 6.45) is 9.12. The number of hydrogen-bond acceptors (Lipinski definition) is 7. The highest BCUT2D eigenvalue weighted by Gasteiger charge is 2.55. The van der Waals surface area contributed by atoms with E-state index < -0.39 is 11.2 Å². The Morgan fingerprint density at radius 2 is 1.73 bits per heavy atom.